The Morgan fingerprint density at radius 2 is 1.89 bits per heavy atom. The summed E-state index contributed by atoms with van der Waals surface area (Å²) in [5.41, 5.74) is 1.45. The van der Waals surface area contributed by atoms with Crippen LogP contribution in [0.4, 0.5) is 4.79 Å². The number of hydrogen-bond acceptors (Lipinski definition) is 8. The lowest BCUT2D eigenvalue weighted by Crippen LogP contribution is -2.42. The molecule has 5 rings (SSSR count). The van der Waals surface area contributed by atoms with Crippen molar-refractivity contribution in [2.75, 3.05) is 26.3 Å². The summed E-state index contributed by atoms with van der Waals surface area (Å²) in [6, 6.07) is 8.78. The number of piperidine rings is 1. The van der Waals surface area contributed by atoms with Crippen molar-refractivity contribution < 1.29 is 19.0 Å². The van der Waals surface area contributed by atoms with Gasteiger partial charge in [-0.2, -0.15) is 0 Å². The molecule has 0 atom stereocenters. The van der Waals surface area contributed by atoms with E-state index in [1.54, 1.807) is 26.9 Å². The lowest BCUT2D eigenvalue weighted by atomic mass is 9.98. The van der Waals surface area contributed by atoms with E-state index >= 15 is 0 Å². The predicted molar refractivity (Wildman–Crippen MR) is 179 cm³/mol. The molecular weight excluding hydrogens is 593 g/mol. The third kappa shape index (κ3) is 7.86. The van der Waals surface area contributed by atoms with Gasteiger partial charge in [0.05, 0.1) is 22.2 Å². The molecule has 9 nitrogen and oxygen atoms in total. The Balaban J connectivity index is 1.37. The van der Waals surface area contributed by atoms with Gasteiger partial charge in [0.25, 0.3) is 5.56 Å². The maximum atomic E-state index is 14.1. The summed E-state index contributed by atoms with van der Waals surface area (Å²) in [5.74, 6) is 1.44. The van der Waals surface area contributed by atoms with Crippen LogP contribution >= 0.6 is 11.3 Å². The molecule has 3 aromatic heterocycles. The van der Waals surface area contributed by atoms with E-state index in [2.05, 4.69) is 30.7 Å². The van der Waals surface area contributed by atoms with Gasteiger partial charge >= 0.3 is 6.09 Å². The van der Waals surface area contributed by atoms with Gasteiger partial charge in [-0.3, -0.25) is 14.3 Å². The topological polar surface area (TPSA) is 95.8 Å². The molecule has 44 heavy (non-hydrogen) atoms. The minimum Gasteiger partial charge on any atom is -0.493 e. The molecule has 0 saturated carbocycles. The molecule has 0 aliphatic carbocycles. The Morgan fingerprint density at radius 1 is 1.14 bits per heavy atom. The summed E-state index contributed by atoms with van der Waals surface area (Å²) in [5, 5.41) is 3.60. The zero-order chi connectivity index (χ0) is 31.6. The van der Waals surface area contributed by atoms with Crippen LogP contribution in [-0.2, 0) is 16.2 Å². The first-order valence-electron chi connectivity index (χ1n) is 15.3. The maximum absolute atomic E-state index is 14.1. The Hall–Kier alpha value is -3.28. The van der Waals surface area contributed by atoms with E-state index in [1.165, 1.54) is 0 Å². The molecule has 1 aliphatic heterocycles. The second kappa shape index (κ2) is 13.0. The van der Waals surface area contributed by atoms with Crippen molar-refractivity contribution in [1.29, 1.82) is 0 Å². The van der Waals surface area contributed by atoms with Gasteiger partial charge in [-0.1, -0.05) is 19.6 Å². The molecule has 1 aliphatic rings. The monoisotopic (exact) mass is 636 g/mol. The fourth-order valence-electron chi connectivity index (χ4n) is 5.21. The van der Waals surface area contributed by atoms with Crippen molar-refractivity contribution in [3.63, 3.8) is 0 Å². The zero-order valence-electron chi connectivity index (χ0n) is 26.9. The summed E-state index contributed by atoms with van der Waals surface area (Å²) in [7, 11) is -1.29. The van der Waals surface area contributed by atoms with E-state index in [4.69, 9.17) is 19.2 Å². The first-order chi connectivity index (χ1) is 20.8. The van der Waals surface area contributed by atoms with Crippen LogP contribution < -0.4 is 10.3 Å². The van der Waals surface area contributed by atoms with E-state index in [-0.39, 0.29) is 18.4 Å². The van der Waals surface area contributed by atoms with Crippen LogP contribution in [0, 0.1) is 12.8 Å². The lowest BCUT2D eigenvalue weighted by molar-refractivity contribution is 0.0165. The SMILES string of the molecule is Cc1cc(OCC2CCN(C(=O)OC(C)(C)C)CC2)cc2c(=O)n(COCC[Si](C)(C)C)c(-c3cc4ccsc4cn3)nc12. The van der Waals surface area contributed by atoms with E-state index in [1.807, 2.05) is 51.4 Å². The molecule has 1 saturated heterocycles. The smallest absolute Gasteiger partial charge is 0.410 e. The van der Waals surface area contributed by atoms with Gasteiger partial charge in [0.15, 0.2) is 5.82 Å². The normalized spacial score (nSPS) is 14.8. The van der Waals surface area contributed by atoms with Crippen molar-refractivity contribution in [1.82, 2.24) is 19.4 Å². The van der Waals surface area contributed by atoms with Gasteiger partial charge in [-0.05, 0) is 93.1 Å². The van der Waals surface area contributed by atoms with Gasteiger partial charge in [0, 0.05) is 34.0 Å². The molecule has 0 N–H and O–H groups in total. The molecule has 1 fully saturated rings. The second-order valence-electron chi connectivity index (χ2n) is 13.9. The number of thiophene rings is 1. The average molecular weight is 637 g/mol. The van der Waals surface area contributed by atoms with Gasteiger partial charge < -0.3 is 19.1 Å². The van der Waals surface area contributed by atoms with Crippen LogP contribution in [0.25, 0.3) is 32.5 Å². The summed E-state index contributed by atoms with van der Waals surface area (Å²) < 4.78 is 20.5. The van der Waals surface area contributed by atoms with Crippen molar-refractivity contribution in [2.45, 2.75) is 78.6 Å². The summed E-state index contributed by atoms with van der Waals surface area (Å²) in [4.78, 5) is 37.9. The van der Waals surface area contributed by atoms with Gasteiger partial charge in [0.1, 0.15) is 23.8 Å². The number of benzene rings is 1. The van der Waals surface area contributed by atoms with Gasteiger partial charge in [-0.25, -0.2) is 9.78 Å². The molecule has 0 bridgehead atoms. The van der Waals surface area contributed by atoms with Crippen molar-refractivity contribution in [3.8, 4) is 17.3 Å². The number of fused-ring (bicyclic) bond motifs is 2. The third-order valence-corrected chi connectivity index (χ3v) is 10.3. The summed E-state index contributed by atoms with van der Waals surface area (Å²) >= 11 is 1.63. The fraction of sp³-hybridized carbons (Fsp3) is 0.515. The standard InChI is InChI=1S/C33H44N4O5SSi/c1-22-16-25(41-20-23-8-11-36(12-9-23)32(39)42-33(2,3)4)18-26-29(22)35-30(27-17-24-10-14-43-28(24)19-34-27)37(31(26)38)21-40-13-15-44(5,6)7/h10,14,16-19,23H,8-9,11-13,15,20-21H2,1-7H3. The largest absolute Gasteiger partial charge is 0.493 e. The third-order valence-electron chi connectivity index (χ3n) is 7.76. The van der Waals surface area contributed by atoms with Gasteiger partial charge in [-0.15, -0.1) is 11.3 Å². The highest BCUT2D eigenvalue weighted by molar-refractivity contribution is 7.17. The van der Waals surface area contributed by atoms with Crippen LogP contribution in [0.3, 0.4) is 0 Å². The molecule has 0 unspecified atom stereocenters. The molecule has 1 aromatic carbocycles. The molecule has 0 radical (unpaired) electrons. The fourth-order valence-corrected chi connectivity index (χ4v) is 6.71. The zero-order valence-corrected chi connectivity index (χ0v) is 28.8. The molecular formula is C33H44N4O5SSi. The van der Waals surface area contributed by atoms with Crippen molar-refractivity contribution >= 4 is 46.5 Å². The first kappa shape index (κ1) is 32.1. The highest BCUT2D eigenvalue weighted by Gasteiger charge is 2.27. The Bertz CT molecular complexity index is 1700. The number of ether oxygens (including phenoxy) is 3. The number of likely N-dealkylation sites (tertiary alicyclic amines) is 1. The predicted octanol–water partition coefficient (Wildman–Crippen LogP) is 7.32. The number of hydrogen-bond donors (Lipinski definition) is 0. The lowest BCUT2D eigenvalue weighted by Gasteiger charge is -2.33. The Kier molecular flexibility index (Phi) is 9.48. The van der Waals surface area contributed by atoms with Crippen LogP contribution in [0.15, 0.2) is 40.6 Å². The van der Waals surface area contributed by atoms with Crippen molar-refractivity contribution in [3.05, 3.63) is 51.8 Å². The number of rotatable bonds is 9. The van der Waals surface area contributed by atoms with Crippen LogP contribution in [0.2, 0.25) is 25.7 Å². The molecule has 236 valence electrons. The minimum absolute atomic E-state index is 0.102. The molecule has 11 heteroatoms. The van der Waals surface area contributed by atoms with Crippen LogP contribution in [0.5, 0.6) is 5.75 Å². The highest BCUT2D eigenvalue weighted by Crippen LogP contribution is 2.28. The minimum atomic E-state index is -1.29. The van der Waals surface area contributed by atoms with E-state index in [0.29, 0.717) is 60.4 Å². The highest BCUT2D eigenvalue weighted by atomic mass is 32.1. The van der Waals surface area contributed by atoms with Crippen LogP contribution in [0.1, 0.15) is 39.2 Å². The Labute approximate surface area is 264 Å². The van der Waals surface area contributed by atoms with E-state index < -0.39 is 13.7 Å². The summed E-state index contributed by atoms with van der Waals surface area (Å²) in [6.45, 7) is 17.0. The molecule has 0 spiro atoms. The number of aromatic nitrogens is 3. The maximum Gasteiger partial charge on any atom is 0.410 e. The second-order valence-corrected chi connectivity index (χ2v) is 20.5. The average Bonchev–Trinajstić information content (AvgIpc) is 3.42. The number of pyridine rings is 1. The van der Waals surface area contributed by atoms with Crippen LogP contribution in [-0.4, -0.2) is 65.5 Å². The number of carbonyl (C=O) groups excluding carboxylic acids is 1. The Morgan fingerprint density at radius 3 is 2.59 bits per heavy atom. The number of nitrogens with zero attached hydrogens (tertiary/aromatic N) is 4. The van der Waals surface area contributed by atoms with Crippen molar-refractivity contribution in [2.24, 2.45) is 5.92 Å². The first-order valence-corrected chi connectivity index (χ1v) is 19.9. The van der Waals surface area contributed by atoms with Gasteiger partial charge in [0.2, 0.25) is 0 Å². The molecule has 4 heterocycles. The number of aryl methyl sites for hydroxylation is 1. The summed E-state index contributed by atoms with van der Waals surface area (Å²) in [6.07, 6.45) is 3.24. The molecule has 1 amide bonds. The number of carbonyl (C=O) groups is 1. The quantitative estimate of drug-likeness (QED) is 0.140. The van der Waals surface area contributed by atoms with E-state index in [0.717, 1.165) is 34.5 Å². The number of amides is 1. The van der Waals surface area contributed by atoms with E-state index in [9.17, 15) is 9.59 Å². The molecule has 4 aromatic rings.